The number of benzene rings is 1. The van der Waals surface area contributed by atoms with Crippen LogP contribution in [0.5, 0.6) is 0 Å². The van der Waals surface area contributed by atoms with Crippen molar-refractivity contribution in [3.05, 3.63) is 44.7 Å². The molecule has 0 aliphatic rings. The number of hydrogen-bond acceptors (Lipinski definition) is 2. The molecule has 1 aromatic carbocycles. The van der Waals surface area contributed by atoms with Crippen molar-refractivity contribution in [1.29, 1.82) is 0 Å². The second kappa shape index (κ2) is 4.53. The van der Waals surface area contributed by atoms with Crippen LogP contribution in [0.3, 0.4) is 0 Å². The molecule has 0 aliphatic heterocycles. The highest BCUT2D eigenvalue weighted by Crippen LogP contribution is 2.26. The number of hydrogen-bond donors (Lipinski definition) is 1. The highest BCUT2D eigenvalue weighted by molar-refractivity contribution is 5.98. The molecule has 0 atom stereocenters. The van der Waals surface area contributed by atoms with Crippen LogP contribution in [0.25, 0.3) is 10.9 Å². The average Bonchev–Trinajstić information content (AvgIpc) is 2.36. The topological polar surface area (TPSA) is 59.3 Å². The van der Waals surface area contributed by atoms with E-state index in [2.05, 4.69) is 0 Å². The van der Waals surface area contributed by atoms with Crippen molar-refractivity contribution >= 4 is 16.9 Å². The molecule has 2 aromatic rings. The van der Waals surface area contributed by atoms with Gasteiger partial charge in [0.05, 0.1) is 5.52 Å². The van der Waals surface area contributed by atoms with Gasteiger partial charge in [-0.3, -0.25) is 4.79 Å². The zero-order valence-corrected chi connectivity index (χ0v) is 11.6. The van der Waals surface area contributed by atoms with Crippen molar-refractivity contribution in [2.24, 2.45) is 7.05 Å². The minimum absolute atomic E-state index is 0.105. The molecule has 0 spiro atoms. The van der Waals surface area contributed by atoms with Gasteiger partial charge >= 0.3 is 5.97 Å². The Morgan fingerprint density at radius 3 is 2.37 bits per heavy atom. The number of aryl methyl sites for hydroxylation is 4. The first kappa shape index (κ1) is 13.3. The molecular formula is C15H17NO3. The maximum absolute atomic E-state index is 12.2. The number of carboxylic acids is 1. The van der Waals surface area contributed by atoms with E-state index in [4.69, 9.17) is 0 Å². The van der Waals surface area contributed by atoms with E-state index in [1.165, 1.54) is 4.57 Å². The van der Waals surface area contributed by atoms with Gasteiger partial charge in [0.25, 0.3) is 5.56 Å². The summed E-state index contributed by atoms with van der Waals surface area (Å²) in [6.45, 7) is 5.75. The van der Waals surface area contributed by atoms with Crippen LogP contribution >= 0.6 is 0 Å². The number of rotatable bonds is 2. The van der Waals surface area contributed by atoms with Gasteiger partial charge in [0.1, 0.15) is 5.56 Å². The normalized spacial score (nSPS) is 10.9. The smallest absolute Gasteiger partial charge is 0.341 e. The summed E-state index contributed by atoms with van der Waals surface area (Å²) in [7, 11) is 1.63. The van der Waals surface area contributed by atoms with E-state index in [1.807, 2.05) is 32.9 Å². The molecule has 1 heterocycles. The van der Waals surface area contributed by atoms with Gasteiger partial charge in [-0.25, -0.2) is 4.79 Å². The minimum atomic E-state index is -1.15. The lowest BCUT2D eigenvalue weighted by Crippen LogP contribution is -2.27. The van der Waals surface area contributed by atoms with Crippen LogP contribution in [0.4, 0.5) is 0 Å². The zero-order chi connectivity index (χ0) is 14.3. The summed E-state index contributed by atoms with van der Waals surface area (Å²) in [5.74, 6) is -1.15. The van der Waals surface area contributed by atoms with Crippen molar-refractivity contribution < 1.29 is 9.90 Å². The van der Waals surface area contributed by atoms with Gasteiger partial charge in [0.2, 0.25) is 0 Å². The van der Waals surface area contributed by atoms with E-state index in [0.717, 1.165) is 22.0 Å². The summed E-state index contributed by atoms with van der Waals surface area (Å²) in [5, 5.41) is 10.2. The molecule has 19 heavy (non-hydrogen) atoms. The van der Waals surface area contributed by atoms with Gasteiger partial charge in [-0.1, -0.05) is 19.1 Å². The molecule has 1 aromatic heterocycles. The van der Waals surface area contributed by atoms with Crippen molar-refractivity contribution in [3.63, 3.8) is 0 Å². The molecule has 0 aliphatic carbocycles. The lowest BCUT2D eigenvalue weighted by Gasteiger charge is -2.16. The lowest BCUT2D eigenvalue weighted by molar-refractivity contribution is 0.0693. The summed E-state index contributed by atoms with van der Waals surface area (Å²) < 4.78 is 1.44. The molecule has 0 unspecified atom stereocenters. The molecule has 100 valence electrons. The Kier molecular flexibility index (Phi) is 3.18. The maximum Gasteiger partial charge on any atom is 0.341 e. The monoisotopic (exact) mass is 259 g/mol. The number of aromatic nitrogens is 1. The van der Waals surface area contributed by atoms with Crippen molar-refractivity contribution in [2.45, 2.75) is 27.2 Å². The Bertz CT molecular complexity index is 741. The summed E-state index contributed by atoms with van der Waals surface area (Å²) in [5.41, 5.74) is 2.89. The standard InChI is InChI=1S/C15H17NO3/c1-5-10-11-8(2)6-7-9(3)13(11)16(4)14(17)12(10)15(18)19/h6-7H,5H2,1-4H3,(H,18,19). The van der Waals surface area contributed by atoms with E-state index < -0.39 is 11.5 Å². The molecule has 1 N–H and O–H groups in total. The van der Waals surface area contributed by atoms with E-state index >= 15 is 0 Å². The first-order chi connectivity index (χ1) is 8.90. The number of aromatic carboxylic acids is 1. The Morgan fingerprint density at radius 2 is 1.84 bits per heavy atom. The van der Waals surface area contributed by atoms with Gasteiger partial charge in [-0.15, -0.1) is 0 Å². The maximum atomic E-state index is 12.2. The van der Waals surface area contributed by atoms with E-state index in [9.17, 15) is 14.7 Å². The fourth-order valence-electron chi connectivity index (χ4n) is 2.71. The third-order valence-electron chi connectivity index (χ3n) is 3.61. The van der Waals surface area contributed by atoms with Crippen LogP contribution in [0.15, 0.2) is 16.9 Å². The van der Waals surface area contributed by atoms with Crippen LogP contribution in [0.1, 0.15) is 34.0 Å². The fraction of sp³-hybridized carbons (Fsp3) is 0.333. The van der Waals surface area contributed by atoms with Gasteiger partial charge in [-0.05, 0) is 37.0 Å². The highest BCUT2D eigenvalue weighted by atomic mass is 16.4. The summed E-state index contributed by atoms with van der Waals surface area (Å²) >= 11 is 0. The predicted molar refractivity (Wildman–Crippen MR) is 75.0 cm³/mol. The highest BCUT2D eigenvalue weighted by Gasteiger charge is 2.21. The Balaban J connectivity index is 3.19. The van der Waals surface area contributed by atoms with Crippen LogP contribution in [0.2, 0.25) is 0 Å². The van der Waals surface area contributed by atoms with Crippen LogP contribution in [0, 0.1) is 13.8 Å². The van der Waals surface area contributed by atoms with Gasteiger partial charge in [0, 0.05) is 12.4 Å². The van der Waals surface area contributed by atoms with Crippen LogP contribution in [-0.2, 0) is 13.5 Å². The van der Waals surface area contributed by atoms with Crippen molar-refractivity contribution in [2.75, 3.05) is 0 Å². The molecule has 4 nitrogen and oxygen atoms in total. The Morgan fingerprint density at radius 1 is 1.26 bits per heavy atom. The number of fused-ring (bicyclic) bond motifs is 1. The van der Waals surface area contributed by atoms with E-state index in [1.54, 1.807) is 7.05 Å². The zero-order valence-electron chi connectivity index (χ0n) is 11.6. The molecule has 4 heteroatoms. The molecule has 0 saturated carbocycles. The molecule has 0 radical (unpaired) electrons. The molecular weight excluding hydrogens is 242 g/mol. The van der Waals surface area contributed by atoms with Gasteiger partial charge in [0.15, 0.2) is 0 Å². The number of carbonyl (C=O) groups is 1. The number of carboxylic acid groups (broad SMARTS) is 1. The van der Waals surface area contributed by atoms with Crippen LogP contribution in [-0.4, -0.2) is 15.6 Å². The second-order valence-corrected chi connectivity index (χ2v) is 4.80. The molecule has 2 rings (SSSR count). The first-order valence-electron chi connectivity index (χ1n) is 6.25. The average molecular weight is 259 g/mol. The quantitative estimate of drug-likeness (QED) is 0.901. The second-order valence-electron chi connectivity index (χ2n) is 4.80. The number of nitrogens with zero attached hydrogens (tertiary/aromatic N) is 1. The molecule has 0 amide bonds. The Labute approximate surface area is 111 Å². The fourth-order valence-corrected chi connectivity index (χ4v) is 2.71. The summed E-state index contributed by atoms with van der Waals surface area (Å²) in [4.78, 5) is 23.6. The summed E-state index contributed by atoms with van der Waals surface area (Å²) in [6, 6.07) is 3.92. The van der Waals surface area contributed by atoms with E-state index in [0.29, 0.717) is 12.0 Å². The molecule has 0 fully saturated rings. The number of pyridine rings is 1. The van der Waals surface area contributed by atoms with Crippen LogP contribution < -0.4 is 5.56 Å². The minimum Gasteiger partial charge on any atom is -0.477 e. The summed E-state index contributed by atoms with van der Waals surface area (Å²) in [6.07, 6.45) is 0.526. The van der Waals surface area contributed by atoms with Crippen molar-refractivity contribution in [3.8, 4) is 0 Å². The third-order valence-corrected chi connectivity index (χ3v) is 3.61. The van der Waals surface area contributed by atoms with E-state index in [-0.39, 0.29) is 5.56 Å². The third kappa shape index (κ3) is 1.84. The molecule has 0 saturated heterocycles. The van der Waals surface area contributed by atoms with Gasteiger partial charge in [-0.2, -0.15) is 0 Å². The van der Waals surface area contributed by atoms with Crippen molar-refractivity contribution in [1.82, 2.24) is 4.57 Å². The largest absolute Gasteiger partial charge is 0.477 e. The Hall–Kier alpha value is -2.10. The first-order valence-corrected chi connectivity index (χ1v) is 6.25. The predicted octanol–water partition coefficient (Wildman–Crippen LogP) is 2.42. The molecule has 0 bridgehead atoms. The lowest BCUT2D eigenvalue weighted by atomic mass is 9.95. The SMILES string of the molecule is CCc1c(C(=O)O)c(=O)n(C)c2c(C)ccc(C)c12. The van der Waals surface area contributed by atoms with Gasteiger partial charge < -0.3 is 9.67 Å².